The van der Waals surface area contributed by atoms with E-state index in [1.807, 2.05) is 18.3 Å². The molecule has 0 aliphatic heterocycles. The molecule has 2 aromatic heterocycles. The molecule has 0 aliphatic rings. The van der Waals surface area contributed by atoms with Crippen LogP contribution in [0.2, 0.25) is 0 Å². The molecule has 0 amide bonds. The van der Waals surface area contributed by atoms with E-state index in [2.05, 4.69) is 41.5 Å². The molecule has 0 fully saturated rings. The van der Waals surface area contributed by atoms with Crippen LogP contribution in [0.1, 0.15) is 18.7 Å². The largest absolute Gasteiger partial charge is 0.467 e. The highest BCUT2D eigenvalue weighted by Gasteiger charge is 2.07. The first-order valence-corrected chi connectivity index (χ1v) is 5.70. The molecule has 1 atom stereocenters. The lowest BCUT2D eigenvalue weighted by molar-refractivity contribution is 0.490. The maximum Gasteiger partial charge on any atom is 0.125 e. The number of hydrogen-bond acceptors (Lipinski definition) is 2. The third kappa shape index (κ3) is 1.91. The average Bonchev–Trinajstić information content (AvgIpc) is 2.99. The smallest absolute Gasteiger partial charge is 0.125 e. The van der Waals surface area contributed by atoms with Crippen molar-refractivity contribution < 1.29 is 4.42 Å². The van der Waals surface area contributed by atoms with Gasteiger partial charge in [0.05, 0.1) is 12.3 Å². The van der Waals surface area contributed by atoms with Crippen LogP contribution >= 0.6 is 0 Å². The minimum Gasteiger partial charge on any atom is -0.467 e. The van der Waals surface area contributed by atoms with Crippen LogP contribution in [-0.2, 0) is 0 Å². The summed E-state index contributed by atoms with van der Waals surface area (Å²) in [5, 5.41) is 4.63. The van der Waals surface area contributed by atoms with E-state index in [0.29, 0.717) is 0 Å². The van der Waals surface area contributed by atoms with Crippen molar-refractivity contribution in [2.75, 3.05) is 5.32 Å². The fraction of sp³-hybridized carbons (Fsp3) is 0.143. The molecule has 0 radical (unpaired) electrons. The van der Waals surface area contributed by atoms with Gasteiger partial charge in [0.2, 0.25) is 0 Å². The molecule has 0 aliphatic carbocycles. The molecule has 1 aromatic carbocycles. The highest BCUT2D eigenvalue weighted by Crippen LogP contribution is 2.22. The fourth-order valence-corrected chi connectivity index (χ4v) is 2.00. The fourth-order valence-electron chi connectivity index (χ4n) is 2.00. The molecule has 3 heteroatoms. The average molecular weight is 226 g/mol. The van der Waals surface area contributed by atoms with E-state index < -0.39 is 0 Å². The molecular weight excluding hydrogens is 212 g/mol. The lowest BCUT2D eigenvalue weighted by atomic mass is 10.2. The number of H-pyrrole nitrogens is 1. The van der Waals surface area contributed by atoms with Crippen molar-refractivity contribution in [3.63, 3.8) is 0 Å². The maximum atomic E-state index is 5.37. The van der Waals surface area contributed by atoms with E-state index in [1.54, 1.807) is 6.26 Å². The molecule has 86 valence electrons. The van der Waals surface area contributed by atoms with Gasteiger partial charge in [-0.25, -0.2) is 0 Å². The Hall–Kier alpha value is -2.16. The Morgan fingerprint density at radius 2 is 2.18 bits per heavy atom. The summed E-state index contributed by atoms with van der Waals surface area (Å²) < 4.78 is 5.37. The van der Waals surface area contributed by atoms with E-state index in [0.717, 1.165) is 17.0 Å². The third-order valence-corrected chi connectivity index (χ3v) is 2.91. The Bertz CT molecular complexity index is 610. The number of aromatic amines is 1. The van der Waals surface area contributed by atoms with Crippen LogP contribution in [0.4, 0.5) is 5.69 Å². The number of anilines is 1. The zero-order valence-electron chi connectivity index (χ0n) is 9.60. The minimum atomic E-state index is 0.168. The van der Waals surface area contributed by atoms with Crippen LogP contribution < -0.4 is 5.32 Å². The molecule has 3 nitrogen and oxygen atoms in total. The maximum absolute atomic E-state index is 5.37. The van der Waals surface area contributed by atoms with Crippen molar-refractivity contribution >= 4 is 16.6 Å². The van der Waals surface area contributed by atoms with Crippen molar-refractivity contribution in [2.24, 2.45) is 0 Å². The predicted octanol–water partition coefficient (Wildman–Crippen LogP) is 3.93. The van der Waals surface area contributed by atoms with Gasteiger partial charge in [-0.1, -0.05) is 0 Å². The summed E-state index contributed by atoms with van der Waals surface area (Å²) in [5.41, 5.74) is 2.25. The quantitative estimate of drug-likeness (QED) is 0.710. The highest BCUT2D eigenvalue weighted by atomic mass is 16.3. The summed E-state index contributed by atoms with van der Waals surface area (Å²) >= 11 is 0. The van der Waals surface area contributed by atoms with Crippen molar-refractivity contribution in [1.82, 2.24) is 4.98 Å². The summed E-state index contributed by atoms with van der Waals surface area (Å²) in [6.07, 6.45) is 3.65. The van der Waals surface area contributed by atoms with Crippen LogP contribution in [0.5, 0.6) is 0 Å². The number of nitrogens with one attached hydrogen (secondary N) is 2. The number of furan rings is 1. The van der Waals surface area contributed by atoms with Gasteiger partial charge in [-0.05, 0) is 43.3 Å². The standard InChI is InChI=1S/C14H14N2O/c1-10(14-3-2-8-17-14)16-12-4-5-13-11(9-12)6-7-15-13/h2-10,15-16H,1H3. The summed E-state index contributed by atoms with van der Waals surface area (Å²) in [6, 6.07) is 12.4. The number of fused-ring (bicyclic) bond motifs is 1. The van der Waals surface area contributed by atoms with E-state index in [1.165, 1.54) is 5.39 Å². The number of aromatic nitrogens is 1. The molecule has 0 bridgehead atoms. The van der Waals surface area contributed by atoms with Crippen LogP contribution in [0.15, 0.2) is 53.3 Å². The first kappa shape index (κ1) is 10.0. The zero-order valence-corrected chi connectivity index (χ0v) is 9.60. The van der Waals surface area contributed by atoms with Gasteiger partial charge in [0, 0.05) is 22.8 Å². The minimum absolute atomic E-state index is 0.168. The molecule has 3 aromatic rings. The molecule has 0 saturated heterocycles. The highest BCUT2D eigenvalue weighted by molar-refractivity contribution is 5.83. The first-order valence-electron chi connectivity index (χ1n) is 5.70. The van der Waals surface area contributed by atoms with Crippen LogP contribution in [0, 0.1) is 0 Å². The van der Waals surface area contributed by atoms with Gasteiger partial charge in [-0.15, -0.1) is 0 Å². The summed E-state index contributed by atoms with van der Waals surface area (Å²) in [7, 11) is 0. The van der Waals surface area contributed by atoms with Crippen LogP contribution in [-0.4, -0.2) is 4.98 Å². The topological polar surface area (TPSA) is 41.0 Å². The van der Waals surface area contributed by atoms with Gasteiger partial charge in [-0.3, -0.25) is 0 Å². The van der Waals surface area contributed by atoms with Gasteiger partial charge in [-0.2, -0.15) is 0 Å². The van der Waals surface area contributed by atoms with E-state index in [-0.39, 0.29) is 6.04 Å². The molecule has 2 N–H and O–H groups in total. The molecule has 17 heavy (non-hydrogen) atoms. The van der Waals surface area contributed by atoms with Gasteiger partial charge >= 0.3 is 0 Å². The number of rotatable bonds is 3. The normalized spacial score (nSPS) is 12.8. The van der Waals surface area contributed by atoms with Crippen molar-refractivity contribution in [3.8, 4) is 0 Å². The monoisotopic (exact) mass is 226 g/mol. The molecule has 0 spiro atoms. The Kier molecular flexibility index (Phi) is 2.37. The van der Waals surface area contributed by atoms with Crippen LogP contribution in [0.25, 0.3) is 10.9 Å². The Balaban J connectivity index is 1.84. The number of hydrogen-bond donors (Lipinski definition) is 2. The van der Waals surface area contributed by atoms with Crippen LogP contribution in [0.3, 0.4) is 0 Å². The van der Waals surface area contributed by atoms with E-state index in [9.17, 15) is 0 Å². The molecular formula is C14H14N2O. The lowest BCUT2D eigenvalue weighted by Crippen LogP contribution is -2.05. The molecule has 0 saturated carbocycles. The Labute approximate surface area is 99.5 Å². The SMILES string of the molecule is CC(Nc1ccc2[nH]ccc2c1)c1ccco1. The van der Waals surface area contributed by atoms with Crippen molar-refractivity contribution in [1.29, 1.82) is 0 Å². The second-order valence-corrected chi connectivity index (χ2v) is 4.16. The summed E-state index contributed by atoms with van der Waals surface area (Å²) in [6.45, 7) is 2.08. The second kappa shape index (κ2) is 4.01. The van der Waals surface area contributed by atoms with Gasteiger partial charge in [0.1, 0.15) is 5.76 Å². The van der Waals surface area contributed by atoms with Crippen molar-refractivity contribution in [3.05, 3.63) is 54.6 Å². The van der Waals surface area contributed by atoms with Gasteiger partial charge in [0.25, 0.3) is 0 Å². The molecule has 2 heterocycles. The summed E-state index contributed by atoms with van der Waals surface area (Å²) in [5.74, 6) is 0.944. The van der Waals surface area contributed by atoms with E-state index >= 15 is 0 Å². The van der Waals surface area contributed by atoms with E-state index in [4.69, 9.17) is 4.42 Å². The second-order valence-electron chi connectivity index (χ2n) is 4.16. The van der Waals surface area contributed by atoms with Gasteiger partial charge in [0.15, 0.2) is 0 Å². The summed E-state index contributed by atoms with van der Waals surface area (Å²) in [4.78, 5) is 3.18. The molecule has 3 rings (SSSR count). The zero-order chi connectivity index (χ0) is 11.7. The lowest BCUT2D eigenvalue weighted by Gasteiger charge is -2.12. The Morgan fingerprint density at radius 1 is 1.24 bits per heavy atom. The van der Waals surface area contributed by atoms with Gasteiger partial charge < -0.3 is 14.7 Å². The Morgan fingerprint density at radius 3 is 3.00 bits per heavy atom. The predicted molar refractivity (Wildman–Crippen MR) is 69.0 cm³/mol. The number of benzene rings is 1. The molecule has 1 unspecified atom stereocenters. The first-order chi connectivity index (χ1) is 8.33. The van der Waals surface area contributed by atoms with Crippen molar-refractivity contribution in [2.45, 2.75) is 13.0 Å². The third-order valence-electron chi connectivity index (χ3n) is 2.91.